The molecule has 0 N–H and O–H groups in total. The second-order valence-corrected chi connectivity index (χ2v) is 9.16. The Morgan fingerprint density at radius 2 is 1.08 bits per heavy atom. The molecule has 0 heterocycles. The predicted molar refractivity (Wildman–Crippen MR) is 58.0 cm³/mol. The molecule has 12 heavy (non-hydrogen) atoms. The molecular formula is C10H21OP. The Labute approximate surface area is 76.5 Å². The molecule has 0 aliphatic rings. The smallest absolute Gasteiger partial charge is 0.115 e. The topological polar surface area (TPSA) is 17.1 Å². The minimum Gasteiger partial charge on any atom is -0.234 e. The van der Waals surface area contributed by atoms with E-state index in [1.807, 2.05) is 0 Å². The Balaban J connectivity index is 5.23. The summed E-state index contributed by atoms with van der Waals surface area (Å²) in [6, 6.07) is 0. The second kappa shape index (κ2) is 4.30. The lowest BCUT2D eigenvalue weighted by Crippen LogP contribution is -2.17. The van der Waals surface area contributed by atoms with Gasteiger partial charge >= 0.3 is 0 Å². The van der Waals surface area contributed by atoms with Gasteiger partial charge < -0.3 is 0 Å². The van der Waals surface area contributed by atoms with E-state index < -0.39 is 6.89 Å². The molecule has 0 aromatic carbocycles. The molecular weight excluding hydrogens is 167 g/mol. The molecule has 0 fully saturated rings. The summed E-state index contributed by atoms with van der Waals surface area (Å²) in [7, 11) is 0. The van der Waals surface area contributed by atoms with Crippen molar-refractivity contribution in [3.8, 4) is 0 Å². The van der Waals surface area contributed by atoms with Crippen LogP contribution in [0.5, 0.6) is 0 Å². The van der Waals surface area contributed by atoms with E-state index in [9.17, 15) is 4.79 Å². The summed E-state index contributed by atoms with van der Waals surface area (Å²) in [6.45, 7) is 11.4. The van der Waals surface area contributed by atoms with Crippen molar-refractivity contribution >= 4 is 12.5 Å². The Morgan fingerprint density at radius 3 is 1.08 bits per heavy atom. The molecule has 0 aliphatic heterocycles. The van der Waals surface area contributed by atoms with E-state index in [2.05, 4.69) is 47.2 Å². The van der Waals surface area contributed by atoms with Crippen molar-refractivity contribution in [3.63, 3.8) is 0 Å². The van der Waals surface area contributed by atoms with Gasteiger partial charge in [-0.25, -0.2) is 4.79 Å². The van der Waals surface area contributed by atoms with E-state index in [4.69, 9.17) is 0 Å². The Bertz CT molecular complexity index is 181. The van der Waals surface area contributed by atoms with Crippen molar-refractivity contribution < 1.29 is 4.79 Å². The summed E-state index contributed by atoms with van der Waals surface area (Å²) in [6.07, 6.45) is 0. The molecule has 0 aromatic heterocycles. The molecule has 1 nitrogen and oxygen atoms in total. The van der Waals surface area contributed by atoms with Crippen LogP contribution < -0.4 is 0 Å². The third kappa shape index (κ3) is 1.84. The number of hydrogen-bond donors (Lipinski definition) is 0. The lowest BCUT2D eigenvalue weighted by atomic mass is 10.5. The highest BCUT2D eigenvalue weighted by Crippen LogP contribution is 2.58. The van der Waals surface area contributed by atoms with E-state index in [1.165, 1.54) is 0 Å². The van der Waals surface area contributed by atoms with Gasteiger partial charge in [-0.05, 0) is 23.9 Å². The van der Waals surface area contributed by atoms with Crippen LogP contribution in [0, 0.1) is 0 Å². The summed E-state index contributed by atoms with van der Waals surface area (Å²) in [5.74, 6) is 0. The summed E-state index contributed by atoms with van der Waals surface area (Å²) in [4.78, 5) is 11.1. The van der Waals surface area contributed by atoms with Crippen LogP contribution in [-0.2, 0) is 4.79 Å². The Hall–Kier alpha value is 0.01000. The highest BCUT2D eigenvalue weighted by atomic mass is 31.2. The van der Waals surface area contributed by atoms with Crippen molar-refractivity contribution in [1.82, 2.24) is 0 Å². The first-order valence-electron chi connectivity index (χ1n) is 4.67. The number of rotatable bonds is 3. The first-order valence-corrected chi connectivity index (χ1v) is 6.66. The van der Waals surface area contributed by atoms with Crippen LogP contribution in [-0.4, -0.2) is 22.6 Å². The summed E-state index contributed by atoms with van der Waals surface area (Å²) < 4.78 is 0. The molecule has 0 aromatic rings. The maximum absolute atomic E-state index is 11.1. The molecule has 0 amide bonds. The Kier molecular flexibility index (Phi) is 4.31. The SMILES string of the molecule is CC(C)P(=C=O)(C(C)C)C(C)C. The minimum atomic E-state index is -1.50. The average Bonchev–Trinajstić information content (AvgIpc) is 1.86. The van der Waals surface area contributed by atoms with Crippen LogP contribution >= 0.6 is 6.89 Å². The summed E-state index contributed by atoms with van der Waals surface area (Å²) in [5, 5.41) is 0. The summed E-state index contributed by atoms with van der Waals surface area (Å²) in [5.41, 5.74) is 3.82. The van der Waals surface area contributed by atoms with E-state index in [-0.39, 0.29) is 0 Å². The fourth-order valence-corrected chi connectivity index (χ4v) is 6.32. The van der Waals surface area contributed by atoms with Gasteiger partial charge in [0.05, 0.1) is 0 Å². The average molecular weight is 188 g/mol. The molecule has 2 heteroatoms. The fourth-order valence-electron chi connectivity index (χ4n) is 2.11. The molecule has 0 saturated carbocycles. The van der Waals surface area contributed by atoms with Crippen LogP contribution in [0.25, 0.3) is 0 Å². The molecule has 0 rings (SSSR count). The predicted octanol–water partition coefficient (Wildman–Crippen LogP) is 3.30. The van der Waals surface area contributed by atoms with Gasteiger partial charge in [0.1, 0.15) is 5.66 Å². The van der Waals surface area contributed by atoms with Gasteiger partial charge in [-0.1, -0.05) is 41.5 Å². The highest BCUT2D eigenvalue weighted by Gasteiger charge is 2.30. The third-order valence-electron chi connectivity index (χ3n) is 2.72. The molecule has 72 valence electrons. The first kappa shape index (κ1) is 12.0. The monoisotopic (exact) mass is 188 g/mol. The van der Waals surface area contributed by atoms with Crippen molar-refractivity contribution in [2.45, 2.75) is 58.5 Å². The van der Waals surface area contributed by atoms with E-state index in [0.717, 1.165) is 0 Å². The molecule has 0 atom stereocenters. The van der Waals surface area contributed by atoms with Gasteiger partial charge in [0, 0.05) is 0 Å². The van der Waals surface area contributed by atoms with Crippen LogP contribution in [0.15, 0.2) is 0 Å². The van der Waals surface area contributed by atoms with Crippen molar-refractivity contribution in [3.05, 3.63) is 0 Å². The van der Waals surface area contributed by atoms with Gasteiger partial charge in [-0.15, -0.1) is 0 Å². The molecule has 0 saturated heterocycles. The fraction of sp³-hybridized carbons (Fsp3) is 0.900. The van der Waals surface area contributed by atoms with Gasteiger partial charge in [0.25, 0.3) is 0 Å². The largest absolute Gasteiger partial charge is 0.234 e. The quantitative estimate of drug-likeness (QED) is 0.621. The first-order chi connectivity index (χ1) is 5.39. The van der Waals surface area contributed by atoms with Crippen LogP contribution in [0.2, 0.25) is 0 Å². The van der Waals surface area contributed by atoms with Crippen LogP contribution in [0.4, 0.5) is 0 Å². The third-order valence-corrected chi connectivity index (χ3v) is 8.16. The van der Waals surface area contributed by atoms with Crippen LogP contribution in [0.3, 0.4) is 0 Å². The second-order valence-electron chi connectivity index (χ2n) is 4.21. The molecule has 0 unspecified atom stereocenters. The maximum atomic E-state index is 11.1. The van der Waals surface area contributed by atoms with E-state index in [0.29, 0.717) is 17.0 Å². The van der Waals surface area contributed by atoms with Gasteiger partial charge in [0.2, 0.25) is 0 Å². The Morgan fingerprint density at radius 1 is 0.833 bits per heavy atom. The van der Waals surface area contributed by atoms with Gasteiger partial charge in [-0.3, -0.25) is 0 Å². The zero-order chi connectivity index (χ0) is 9.94. The van der Waals surface area contributed by atoms with Gasteiger partial charge in [0.15, 0.2) is 0 Å². The molecule has 0 spiro atoms. The zero-order valence-electron chi connectivity index (χ0n) is 9.09. The highest BCUT2D eigenvalue weighted by molar-refractivity contribution is 7.75. The maximum Gasteiger partial charge on any atom is 0.115 e. The number of hydrogen-bond acceptors (Lipinski definition) is 1. The lowest BCUT2D eigenvalue weighted by molar-refractivity contribution is 0.570. The van der Waals surface area contributed by atoms with Crippen molar-refractivity contribution in [1.29, 1.82) is 0 Å². The normalized spacial score (nSPS) is 12.8. The summed E-state index contributed by atoms with van der Waals surface area (Å²) >= 11 is 0. The molecule has 0 radical (unpaired) electrons. The minimum absolute atomic E-state index is 0.481. The molecule has 0 bridgehead atoms. The standard InChI is InChI=1S/C10H21OP/c1-8(2)12(7-11,9(3)4)10(5)6/h8-10H,1-6H3. The van der Waals surface area contributed by atoms with Gasteiger partial charge in [-0.2, -0.15) is 0 Å². The van der Waals surface area contributed by atoms with Crippen LogP contribution in [0.1, 0.15) is 41.5 Å². The molecule has 0 aliphatic carbocycles. The van der Waals surface area contributed by atoms with E-state index >= 15 is 0 Å². The van der Waals surface area contributed by atoms with Crippen molar-refractivity contribution in [2.75, 3.05) is 0 Å². The lowest BCUT2D eigenvalue weighted by Gasteiger charge is -2.33. The zero-order valence-corrected chi connectivity index (χ0v) is 9.98. The number of carbonyl (C=O) groups excluding carboxylic acids is 1. The van der Waals surface area contributed by atoms with E-state index in [1.54, 1.807) is 0 Å². The van der Waals surface area contributed by atoms with Crippen molar-refractivity contribution in [2.24, 2.45) is 0 Å².